The van der Waals surface area contributed by atoms with E-state index < -0.39 is 0 Å². The van der Waals surface area contributed by atoms with Crippen molar-refractivity contribution < 1.29 is 4.42 Å². The van der Waals surface area contributed by atoms with Gasteiger partial charge in [0.05, 0.1) is 5.52 Å². The van der Waals surface area contributed by atoms with Crippen LogP contribution in [0.3, 0.4) is 0 Å². The number of furan rings is 1. The van der Waals surface area contributed by atoms with Crippen LogP contribution in [0.2, 0.25) is 0 Å². The fourth-order valence-corrected chi connectivity index (χ4v) is 8.30. The van der Waals surface area contributed by atoms with Gasteiger partial charge in [-0.25, -0.2) is 19.9 Å². The minimum absolute atomic E-state index is 0.160. The molecule has 0 amide bonds. The molecule has 6 heteroatoms. The molecule has 4 aromatic heterocycles. The highest BCUT2D eigenvalue weighted by atomic mass is 32.1. The Balaban J connectivity index is 1.21. The molecule has 0 N–H and O–H groups in total. The first-order chi connectivity index (χ1) is 22.0. The van der Waals surface area contributed by atoms with Crippen LogP contribution in [0.15, 0.2) is 114 Å². The number of para-hydroxylation sites is 1. The Labute approximate surface area is 261 Å². The number of thiophene rings is 1. The molecule has 0 saturated carbocycles. The van der Waals surface area contributed by atoms with E-state index in [1.54, 1.807) is 11.3 Å². The largest absolute Gasteiger partial charge is 0.456 e. The van der Waals surface area contributed by atoms with Crippen LogP contribution in [0.1, 0.15) is 25.0 Å². The van der Waals surface area contributed by atoms with Crippen molar-refractivity contribution in [3.63, 3.8) is 0 Å². The minimum atomic E-state index is -0.160. The Hall–Kier alpha value is -5.46. The van der Waals surface area contributed by atoms with Crippen LogP contribution < -0.4 is 0 Å². The van der Waals surface area contributed by atoms with Gasteiger partial charge in [0, 0.05) is 54.4 Å². The van der Waals surface area contributed by atoms with Gasteiger partial charge in [-0.1, -0.05) is 80.6 Å². The van der Waals surface area contributed by atoms with Crippen LogP contribution in [-0.4, -0.2) is 19.9 Å². The van der Waals surface area contributed by atoms with E-state index in [9.17, 15) is 0 Å². The maximum atomic E-state index is 6.64. The van der Waals surface area contributed by atoms with Crippen molar-refractivity contribution in [1.82, 2.24) is 19.9 Å². The fraction of sp³-hybridized carbons (Fsp3) is 0.0769. The summed E-state index contributed by atoms with van der Waals surface area (Å²) in [4.78, 5) is 21.0. The van der Waals surface area contributed by atoms with Crippen LogP contribution in [0.5, 0.6) is 0 Å². The quantitative estimate of drug-likeness (QED) is 0.199. The molecule has 212 valence electrons. The van der Waals surface area contributed by atoms with Crippen LogP contribution in [0.25, 0.3) is 87.2 Å². The summed E-state index contributed by atoms with van der Waals surface area (Å²) in [6.45, 7) is 4.58. The SMILES string of the molecule is CC1(C)c2ccccc2-c2ccc3c(oc4ccc(-c5nc(-c6ncc7ccccc7n6)c6c(n5)sc5ccccc56)cc43)c21. The molecule has 1 aliphatic rings. The Morgan fingerprint density at radius 2 is 1.53 bits per heavy atom. The zero-order valence-corrected chi connectivity index (χ0v) is 25.3. The van der Waals surface area contributed by atoms with E-state index in [2.05, 4.69) is 92.7 Å². The second-order valence-electron chi connectivity index (χ2n) is 12.3. The number of hydrogen-bond donors (Lipinski definition) is 0. The number of nitrogens with zero attached hydrogens (tertiary/aromatic N) is 4. The number of hydrogen-bond acceptors (Lipinski definition) is 6. The third kappa shape index (κ3) is 3.43. The smallest absolute Gasteiger partial charge is 0.179 e. The molecule has 5 nitrogen and oxygen atoms in total. The van der Waals surface area contributed by atoms with Crippen molar-refractivity contribution >= 4 is 64.5 Å². The Morgan fingerprint density at radius 1 is 0.689 bits per heavy atom. The van der Waals surface area contributed by atoms with Gasteiger partial charge in [0.25, 0.3) is 0 Å². The van der Waals surface area contributed by atoms with E-state index in [0.29, 0.717) is 11.6 Å². The predicted octanol–water partition coefficient (Wildman–Crippen LogP) is 10.3. The summed E-state index contributed by atoms with van der Waals surface area (Å²) in [6.07, 6.45) is 1.88. The summed E-state index contributed by atoms with van der Waals surface area (Å²) in [7, 11) is 0. The molecular formula is C39H24N4OS. The molecule has 0 aliphatic heterocycles. The van der Waals surface area contributed by atoms with E-state index in [1.165, 1.54) is 22.3 Å². The Kier molecular flexibility index (Phi) is 4.88. The van der Waals surface area contributed by atoms with E-state index in [4.69, 9.17) is 24.4 Å². The van der Waals surface area contributed by atoms with Crippen LogP contribution >= 0.6 is 11.3 Å². The molecule has 0 saturated heterocycles. The molecule has 0 bridgehead atoms. The van der Waals surface area contributed by atoms with Gasteiger partial charge in [-0.15, -0.1) is 11.3 Å². The van der Waals surface area contributed by atoms with Gasteiger partial charge in [-0.3, -0.25) is 0 Å². The molecule has 9 aromatic rings. The summed E-state index contributed by atoms with van der Waals surface area (Å²) in [6, 6.07) is 35.9. The lowest BCUT2D eigenvalue weighted by Crippen LogP contribution is -2.15. The molecule has 0 atom stereocenters. The third-order valence-corrected chi connectivity index (χ3v) is 10.4. The predicted molar refractivity (Wildman–Crippen MR) is 184 cm³/mol. The van der Waals surface area contributed by atoms with Crippen molar-refractivity contribution in [2.24, 2.45) is 0 Å². The summed E-state index contributed by atoms with van der Waals surface area (Å²) < 4.78 is 7.80. The summed E-state index contributed by atoms with van der Waals surface area (Å²) in [5.74, 6) is 1.24. The topological polar surface area (TPSA) is 64.7 Å². The van der Waals surface area contributed by atoms with Crippen LogP contribution in [-0.2, 0) is 5.41 Å². The number of benzene rings is 5. The van der Waals surface area contributed by atoms with Crippen molar-refractivity contribution in [2.75, 3.05) is 0 Å². The van der Waals surface area contributed by atoms with Crippen molar-refractivity contribution in [2.45, 2.75) is 19.3 Å². The standard InChI is InChI=1S/C39H24N4OS/c1-39(2)28-12-6-4-10-23(28)24-16-17-25-27-19-21(15-18-30(27)44-35(25)33(24)39)36-42-34(37-40-20-22-9-3-7-13-29(22)41-37)32-26-11-5-8-14-31(26)45-38(32)43-36/h3-20H,1-2H3. The normalized spacial score (nSPS) is 13.7. The van der Waals surface area contributed by atoms with Crippen LogP contribution in [0, 0.1) is 0 Å². The molecular weight excluding hydrogens is 573 g/mol. The Morgan fingerprint density at radius 3 is 2.49 bits per heavy atom. The summed E-state index contributed by atoms with van der Waals surface area (Å²) in [5.41, 5.74) is 9.32. The average Bonchev–Trinajstić information content (AvgIpc) is 3.71. The monoisotopic (exact) mass is 596 g/mol. The first kappa shape index (κ1) is 24.9. The summed E-state index contributed by atoms with van der Waals surface area (Å²) in [5, 5.41) is 5.26. The minimum Gasteiger partial charge on any atom is -0.456 e. The highest BCUT2D eigenvalue weighted by molar-refractivity contribution is 7.25. The second-order valence-corrected chi connectivity index (χ2v) is 13.3. The van der Waals surface area contributed by atoms with Crippen molar-refractivity contribution in [3.8, 4) is 34.0 Å². The molecule has 0 unspecified atom stereocenters. The third-order valence-electron chi connectivity index (χ3n) is 9.35. The van der Waals surface area contributed by atoms with Gasteiger partial charge in [0.2, 0.25) is 0 Å². The Bertz CT molecular complexity index is 2700. The number of rotatable bonds is 2. The van der Waals surface area contributed by atoms with E-state index in [0.717, 1.165) is 64.4 Å². The maximum Gasteiger partial charge on any atom is 0.179 e. The molecule has 0 radical (unpaired) electrons. The average molecular weight is 597 g/mol. The highest BCUT2D eigenvalue weighted by Gasteiger charge is 2.38. The van der Waals surface area contributed by atoms with E-state index >= 15 is 0 Å². The van der Waals surface area contributed by atoms with E-state index in [-0.39, 0.29) is 5.41 Å². The molecule has 45 heavy (non-hydrogen) atoms. The number of fused-ring (bicyclic) bond motifs is 11. The number of aromatic nitrogens is 4. The van der Waals surface area contributed by atoms with Gasteiger partial charge < -0.3 is 4.42 Å². The van der Waals surface area contributed by atoms with Crippen molar-refractivity contribution in [1.29, 1.82) is 0 Å². The lowest BCUT2D eigenvalue weighted by atomic mass is 9.82. The van der Waals surface area contributed by atoms with Gasteiger partial charge in [-0.05, 0) is 53.1 Å². The molecule has 1 aliphatic carbocycles. The highest BCUT2D eigenvalue weighted by Crippen LogP contribution is 2.52. The molecule has 4 heterocycles. The van der Waals surface area contributed by atoms with Gasteiger partial charge in [-0.2, -0.15) is 0 Å². The fourth-order valence-electron chi connectivity index (χ4n) is 7.22. The zero-order chi connectivity index (χ0) is 29.9. The first-order valence-corrected chi connectivity index (χ1v) is 15.9. The zero-order valence-electron chi connectivity index (χ0n) is 24.5. The molecule has 10 rings (SSSR count). The maximum absolute atomic E-state index is 6.64. The lowest BCUT2D eigenvalue weighted by Gasteiger charge is -2.21. The lowest BCUT2D eigenvalue weighted by molar-refractivity contribution is 0.620. The van der Waals surface area contributed by atoms with Crippen LogP contribution in [0.4, 0.5) is 0 Å². The first-order valence-electron chi connectivity index (χ1n) is 15.1. The molecule has 0 spiro atoms. The summed E-state index contributed by atoms with van der Waals surface area (Å²) >= 11 is 1.67. The van der Waals surface area contributed by atoms with Crippen molar-refractivity contribution in [3.05, 3.63) is 120 Å². The van der Waals surface area contributed by atoms with Gasteiger partial charge in [0.1, 0.15) is 21.7 Å². The second kappa shape index (κ2) is 8.80. The van der Waals surface area contributed by atoms with E-state index in [1.807, 2.05) is 30.5 Å². The molecule has 0 fully saturated rings. The van der Waals surface area contributed by atoms with Gasteiger partial charge in [0.15, 0.2) is 11.6 Å². The van der Waals surface area contributed by atoms with Gasteiger partial charge >= 0.3 is 0 Å². The molecule has 5 aromatic carbocycles.